The van der Waals surface area contributed by atoms with Gasteiger partial charge in [0.15, 0.2) is 0 Å². The number of carbonyl (C=O) groups is 6. The van der Waals surface area contributed by atoms with E-state index in [2.05, 4.69) is 16.0 Å². The average Bonchev–Trinajstić information content (AvgIpc) is 3.79. The second-order valence-corrected chi connectivity index (χ2v) is 11.8. The smallest absolute Gasteiger partial charge is 0.410 e. The summed E-state index contributed by atoms with van der Waals surface area (Å²) in [5.41, 5.74) is 1.96. The highest BCUT2D eigenvalue weighted by Gasteiger charge is 2.33. The number of nitrogens with zero attached hydrogens (tertiary/aromatic N) is 3. The Bertz CT molecular complexity index is 1410. The summed E-state index contributed by atoms with van der Waals surface area (Å²) in [5, 5.41) is 16.5. The highest BCUT2D eigenvalue weighted by atomic mass is 16.6. The van der Waals surface area contributed by atoms with Gasteiger partial charge in [-0.05, 0) is 24.0 Å². The molecule has 4 saturated heterocycles. The third-order valence-corrected chi connectivity index (χ3v) is 8.22. The molecule has 15 heteroatoms. The molecular formula is C34H44N6O9. The van der Waals surface area contributed by atoms with Crippen molar-refractivity contribution in [2.75, 3.05) is 52.4 Å². The van der Waals surface area contributed by atoms with Crippen LogP contribution in [0.15, 0.2) is 60.7 Å². The lowest BCUT2D eigenvalue weighted by molar-refractivity contribution is -0.140. The number of hydrogen-bond acceptors (Lipinski definition) is 9. The van der Waals surface area contributed by atoms with E-state index >= 15 is 0 Å². The minimum atomic E-state index is -0.944. The van der Waals surface area contributed by atoms with E-state index in [1.807, 2.05) is 60.7 Å². The first-order valence-electron chi connectivity index (χ1n) is 16.4. The highest BCUT2D eigenvalue weighted by Crippen LogP contribution is 2.13. The fourth-order valence-corrected chi connectivity index (χ4v) is 5.40. The molecule has 0 spiro atoms. The third-order valence-electron chi connectivity index (χ3n) is 8.22. The maximum atomic E-state index is 12.3. The van der Waals surface area contributed by atoms with Gasteiger partial charge in [0.1, 0.15) is 25.3 Å². The molecule has 2 atom stereocenters. The first-order valence-corrected chi connectivity index (χ1v) is 16.4. The van der Waals surface area contributed by atoms with E-state index in [0.717, 1.165) is 37.3 Å². The zero-order valence-electron chi connectivity index (χ0n) is 27.4. The summed E-state index contributed by atoms with van der Waals surface area (Å²) in [6.07, 6.45) is 1.15. The van der Waals surface area contributed by atoms with Gasteiger partial charge in [-0.1, -0.05) is 60.7 Å². The lowest BCUT2D eigenvalue weighted by Gasteiger charge is -2.35. The predicted molar refractivity (Wildman–Crippen MR) is 176 cm³/mol. The maximum absolute atomic E-state index is 12.3. The highest BCUT2D eigenvalue weighted by molar-refractivity contribution is 5.91. The van der Waals surface area contributed by atoms with E-state index in [9.17, 15) is 28.8 Å². The summed E-state index contributed by atoms with van der Waals surface area (Å²) in [7, 11) is 0. The maximum Gasteiger partial charge on any atom is 0.410 e. The van der Waals surface area contributed by atoms with Crippen LogP contribution in [0.3, 0.4) is 0 Å². The number of aliphatic carboxylic acids is 1. The van der Waals surface area contributed by atoms with E-state index in [1.165, 1.54) is 0 Å². The van der Waals surface area contributed by atoms with Crippen LogP contribution in [0.25, 0.3) is 0 Å². The van der Waals surface area contributed by atoms with E-state index in [0.29, 0.717) is 58.5 Å². The summed E-state index contributed by atoms with van der Waals surface area (Å²) in [6.45, 7) is 5.57. The predicted octanol–water partition coefficient (Wildman–Crippen LogP) is 1.32. The second-order valence-electron chi connectivity index (χ2n) is 11.8. The first kappa shape index (κ1) is 36.7. The number of hydrogen-bond donors (Lipinski definition) is 4. The van der Waals surface area contributed by atoms with Gasteiger partial charge in [-0.2, -0.15) is 0 Å². The molecule has 0 unspecified atom stereocenters. The number of piperazine rings is 2. The summed E-state index contributed by atoms with van der Waals surface area (Å²) < 4.78 is 10.5. The van der Waals surface area contributed by atoms with Crippen LogP contribution >= 0.6 is 0 Å². The van der Waals surface area contributed by atoms with E-state index in [-0.39, 0.29) is 36.5 Å². The van der Waals surface area contributed by atoms with Crippen LogP contribution in [0.2, 0.25) is 0 Å². The quantitative estimate of drug-likeness (QED) is 0.347. The second kappa shape index (κ2) is 19.0. The third kappa shape index (κ3) is 12.1. The SMILES string of the molecule is O=C(OCc1ccccc1)N1CCNCC1.O=C1CC[C@H](C(=O)N2CCN(C(=O)OCc3ccccc3)CC2)N1.O=C1CC[C@H](C(=O)O)N1. The Balaban J connectivity index is 0.000000185. The van der Waals surface area contributed by atoms with Crippen LogP contribution in [0.5, 0.6) is 0 Å². The van der Waals surface area contributed by atoms with Crippen molar-refractivity contribution in [1.29, 1.82) is 0 Å². The number of amides is 5. The standard InChI is InChI=1S/C17H21N3O4.C12H16N2O2.C5H7NO3/c21-15-7-6-14(18-15)16(22)19-8-10-20(11-9-19)17(23)24-12-13-4-2-1-3-5-13;15-12(14-8-6-13-7-9-14)16-10-11-4-2-1-3-5-11;7-4-2-1-3(6-4)5(8)9/h1-5,14H,6-12H2,(H,18,21);1-5,13H,6-10H2;3H,1-2H2,(H,6,7)(H,8,9)/t14-;;3-/m1.1/s1. The minimum Gasteiger partial charge on any atom is -0.480 e. The van der Waals surface area contributed by atoms with E-state index in [4.69, 9.17) is 14.6 Å². The van der Waals surface area contributed by atoms with Gasteiger partial charge in [0.2, 0.25) is 17.7 Å². The van der Waals surface area contributed by atoms with Crippen molar-refractivity contribution in [3.63, 3.8) is 0 Å². The van der Waals surface area contributed by atoms with Crippen LogP contribution in [0, 0.1) is 0 Å². The normalized spacial score (nSPS) is 20.0. The summed E-state index contributed by atoms with van der Waals surface area (Å²) in [6, 6.07) is 18.2. The fraction of sp³-hybridized carbons (Fsp3) is 0.471. The first-order chi connectivity index (χ1) is 23.7. The Morgan fingerprint density at radius 1 is 0.633 bits per heavy atom. The van der Waals surface area contributed by atoms with Crippen LogP contribution < -0.4 is 16.0 Å². The van der Waals surface area contributed by atoms with Crippen LogP contribution in [0.1, 0.15) is 36.8 Å². The fourth-order valence-electron chi connectivity index (χ4n) is 5.40. The minimum absolute atomic E-state index is 0.0573. The van der Waals surface area contributed by atoms with Gasteiger partial charge in [0.25, 0.3) is 0 Å². The molecule has 4 heterocycles. The Morgan fingerprint density at radius 3 is 1.47 bits per heavy atom. The van der Waals surface area contributed by atoms with Crippen molar-refractivity contribution in [1.82, 2.24) is 30.7 Å². The molecule has 4 aliphatic heterocycles. The van der Waals surface area contributed by atoms with Crippen molar-refractivity contribution in [3.05, 3.63) is 71.8 Å². The van der Waals surface area contributed by atoms with Crippen molar-refractivity contribution < 1.29 is 43.3 Å². The molecule has 2 aromatic carbocycles. The molecule has 2 aromatic rings. The van der Waals surface area contributed by atoms with Gasteiger partial charge in [0, 0.05) is 65.2 Å². The summed E-state index contributed by atoms with van der Waals surface area (Å²) in [5.74, 6) is -1.24. The lowest BCUT2D eigenvalue weighted by Crippen LogP contribution is -2.54. The molecule has 0 saturated carbocycles. The molecule has 264 valence electrons. The molecule has 6 rings (SSSR count). The monoisotopic (exact) mass is 680 g/mol. The van der Waals surface area contributed by atoms with E-state index in [1.54, 1.807) is 14.7 Å². The number of rotatable bonds is 6. The number of carboxylic acids is 1. The van der Waals surface area contributed by atoms with Crippen molar-refractivity contribution >= 4 is 35.9 Å². The molecule has 15 nitrogen and oxygen atoms in total. The van der Waals surface area contributed by atoms with Crippen molar-refractivity contribution in [2.24, 2.45) is 0 Å². The van der Waals surface area contributed by atoms with Crippen LogP contribution in [-0.2, 0) is 41.9 Å². The van der Waals surface area contributed by atoms with Gasteiger partial charge >= 0.3 is 18.2 Å². The number of carbonyl (C=O) groups excluding carboxylic acids is 5. The molecule has 4 aliphatic rings. The van der Waals surface area contributed by atoms with Crippen LogP contribution in [0.4, 0.5) is 9.59 Å². The van der Waals surface area contributed by atoms with Crippen molar-refractivity contribution in [3.8, 4) is 0 Å². The topological polar surface area (TPSA) is 187 Å². The molecular weight excluding hydrogens is 636 g/mol. The average molecular weight is 681 g/mol. The molecule has 4 fully saturated rings. The molecule has 0 radical (unpaired) electrons. The number of ether oxygens (including phenoxy) is 2. The summed E-state index contributed by atoms with van der Waals surface area (Å²) in [4.78, 5) is 72.8. The molecule has 0 aromatic heterocycles. The molecule has 4 N–H and O–H groups in total. The molecule has 5 amide bonds. The largest absolute Gasteiger partial charge is 0.480 e. The Morgan fingerprint density at radius 2 is 1.06 bits per heavy atom. The van der Waals surface area contributed by atoms with Gasteiger partial charge in [-0.3, -0.25) is 14.4 Å². The van der Waals surface area contributed by atoms with Crippen LogP contribution in [-0.4, -0.2) is 120 Å². The number of benzene rings is 2. The van der Waals surface area contributed by atoms with Gasteiger partial charge in [0.05, 0.1) is 0 Å². The Hall–Kier alpha value is -5.18. The molecule has 49 heavy (non-hydrogen) atoms. The zero-order valence-corrected chi connectivity index (χ0v) is 27.4. The Kier molecular flexibility index (Phi) is 14.2. The van der Waals surface area contributed by atoms with Crippen molar-refractivity contribution in [2.45, 2.75) is 51.0 Å². The molecule has 0 aliphatic carbocycles. The van der Waals surface area contributed by atoms with Gasteiger partial charge in [-0.25, -0.2) is 14.4 Å². The summed E-state index contributed by atoms with van der Waals surface area (Å²) >= 11 is 0. The molecule has 0 bridgehead atoms. The zero-order chi connectivity index (χ0) is 35.0. The van der Waals surface area contributed by atoms with Gasteiger partial charge < -0.3 is 45.2 Å². The number of nitrogens with one attached hydrogen (secondary N) is 3. The Labute approximate surface area is 284 Å². The number of carboxylic acid groups (broad SMARTS) is 1. The van der Waals surface area contributed by atoms with Gasteiger partial charge in [-0.15, -0.1) is 0 Å². The lowest BCUT2D eigenvalue weighted by atomic mass is 10.2. The van der Waals surface area contributed by atoms with E-state index < -0.39 is 18.1 Å².